The predicted octanol–water partition coefficient (Wildman–Crippen LogP) is 3.15. The second-order valence-electron chi connectivity index (χ2n) is 6.81. The number of aryl methyl sites for hydroxylation is 1. The van der Waals surface area contributed by atoms with Gasteiger partial charge in [-0.15, -0.1) is 0 Å². The summed E-state index contributed by atoms with van der Waals surface area (Å²) < 4.78 is 11.0. The molecule has 0 bridgehead atoms. The first-order valence-corrected chi connectivity index (χ1v) is 8.95. The van der Waals surface area contributed by atoms with Crippen molar-refractivity contribution in [1.29, 1.82) is 0 Å². The lowest BCUT2D eigenvalue weighted by Crippen LogP contribution is -2.47. The molecule has 0 aliphatic carbocycles. The van der Waals surface area contributed by atoms with E-state index in [0.717, 1.165) is 42.1 Å². The van der Waals surface area contributed by atoms with Crippen molar-refractivity contribution >= 4 is 5.97 Å². The van der Waals surface area contributed by atoms with Gasteiger partial charge in [0, 0.05) is 5.69 Å². The molecule has 1 N–H and O–H groups in total. The lowest BCUT2D eigenvalue weighted by molar-refractivity contribution is -0.145. The van der Waals surface area contributed by atoms with Crippen LogP contribution >= 0.6 is 0 Å². The van der Waals surface area contributed by atoms with Crippen molar-refractivity contribution in [2.75, 3.05) is 13.3 Å². The number of hydrogen-bond acceptors (Lipinski definition) is 5. The number of nitrogens with zero attached hydrogens (tertiary/aromatic N) is 2. The third-order valence-corrected chi connectivity index (χ3v) is 5.06. The monoisotopic (exact) mass is 354 g/mol. The Balaban J connectivity index is 1.80. The van der Waals surface area contributed by atoms with Crippen LogP contribution in [0.5, 0.6) is 11.5 Å². The number of pyridine rings is 1. The van der Waals surface area contributed by atoms with Crippen LogP contribution in [-0.2, 0) is 4.79 Å². The molecule has 1 aromatic carbocycles. The Labute approximate surface area is 152 Å². The zero-order valence-corrected chi connectivity index (χ0v) is 14.7. The van der Waals surface area contributed by atoms with Crippen molar-refractivity contribution < 1.29 is 19.4 Å². The summed E-state index contributed by atoms with van der Waals surface area (Å²) in [5, 5.41) is 9.75. The topological polar surface area (TPSA) is 71.9 Å². The summed E-state index contributed by atoms with van der Waals surface area (Å²) in [7, 11) is 0. The van der Waals surface area contributed by atoms with E-state index in [1.807, 2.05) is 43.3 Å². The molecule has 0 amide bonds. The van der Waals surface area contributed by atoms with E-state index in [2.05, 4.69) is 4.90 Å². The van der Waals surface area contributed by atoms with Crippen LogP contribution in [0.15, 0.2) is 36.4 Å². The van der Waals surface area contributed by atoms with Crippen LogP contribution in [0, 0.1) is 6.92 Å². The highest BCUT2D eigenvalue weighted by molar-refractivity contribution is 5.73. The molecule has 2 aliphatic rings. The molecule has 6 nitrogen and oxygen atoms in total. The van der Waals surface area contributed by atoms with Gasteiger partial charge in [0.2, 0.25) is 6.79 Å². The number of carboxylic acid groups (broad SMARTS) is 1. The van der Waals surface area contributed by atoms with Gasteiger partial charge in [0.15, 0.2) is 11.5 Å². The van der Waals surface area contributed by atoms with Crippen molar-refractivity contribution in [3.63, 3.8) is 0 Å². The zero-order chi connectivity index (χ0) is 18.1. The van der Waals surface area contributed by atoms with Gasteiger partial charge >= 0.3 is 5.97 Å². The molecular formula is C20H22N2O4. The molecule has 1 fully saturated rings. The number of rotatable bonds is 4. The summed E-state index contributed by atoms with van der Waals surface area (Å²) in [6.07, 6.45) is 2.57. The Morgan fingerprint density at radius 3 is 2.88 bits per heavy atom. The fraction of sp³-hybridized carbons (Fsp3) is 0.400. The summed E-state index contributed by atoms with van der Waals surface area (Å²) >= 11 is 0. The Bertz CT molecular complexity index is 823. The van der Waals surface area contributed by atoms with Crippen LogP contribution in [0.2, 0.25) is 0 Å². The second kappa shape index (κ2) is 6.96. The normalized spacial score (nSPS) is 20.7. The number of piperidine rings is 1. The molecule has 1 aromatic heterocycles. The molecule has 0 spiro atoms. The minimum absolute atomic E-state index is 0.216. The highest BCUT2D eigenvalue weighted by atomic mass is 16.7. The van der Waals surface area contributed by atoms with Gasteiger partial charge in [-0.3, -0.25) is 14.7 Å². The van der Waals surface area contributed by atoms with Gasteiger partial charge in [-0.1, -0.05) is 18.6 Å². The van der Waals surface area contributed by atoms with E-state index in [4.69, 9.17) is 14.5 Å². The number of fused-ring (bicyclic) bond motifs is 1. The standard InChI is InChI=1S/C20H22N2O4/c1-13-5-4-6-15(21-13)19(22-10-3-2-7-16(22)20(23)24)14-8-9-17-18(11-14)26-12-25-17/h4-6,8-9,11,16,19H,2-3,7,10,12H2,1H3,(H,23,24). The van der Waals surface area contributed by atoms with Crippen molar-refractivity contribution in [2.45, 2.75) is 38.3 Å². The van der Waals surface area contributed by atoms with Crippen LogP contribution < -0.4 is 9.47 Å². The van der Waals surface area contributed by atoms with E-state index in [-0.39, 0.29) is 12.8 Å². The van der Waals surface area contributed by atoms with Crippen LogP contribution in [0.1, 0.15) is 42.3 Å². The first-order chi connectivity index (χ1) is 12.6. The number of ether oxygens (including phenoxy) is 2. The smallest absolute Gasteiger partial charge is 0.320 e. The number of likely N-dealkylation sites (tertiary alicyclic amines) is 1. The predicted molar refractivity (Wildman–Crippen MR) is 95.4 cm³/mol. The first-order valence-electron chi connectivity index (χ1n) is 8.95. The molecule has 0 saturated carbocycles. The Hall–Kier alpha value is -2.60. The Morgan fingerprint density at radius 2 is 2.08 bits per heavy atom. The lowest BCUT2D eigenvalue weighted by Gasteiger charge is -2.39. The van der Waals surface area contributed by atoms with Crippen LogP contribution in [0.25, 0.3) is 0 Å². The molecule has 2 aromatic rings. The highest BCUT2D eigenvalue weighted by Gasteiger charge is 2.36. The average molecular weight is 354 g/mol. The molecule has 4 rings (SSSR count). The zero-order valence-electron chi connectivity index (χ0n) is 14.7. The molecule has 26 heavy (non-hydrogen) atoms. The van der Waals surface area contributed by atoms with Crippen molar-refractivity contribution in [2.24, 2.45) is 0 Å². The van der Waals surface area contributed by atoms with E-state index < -0.39 is 12.0 Å². The molecule has 2 aliphatic heterocycles. The quantitative estimate of drug-likeness (QED) is 0.909. The summed E-state index contributed by atoms with van der Waals surface area (Å²) in [5.41, 5.74) is 2.75. The lowest BCUT2D eigenvalue weighted by atomic mass is 9.93. The number of carboxylic acids is 1. The number of benzene rings is 1. The highest BCUT2D eigenvalue weighted by Crippen LogP contribution is 2.39. The molecule has 2 atom stereocenters. The molecule has 0 radical (unpaired) electrons. The fourth-order valence-corrected chi connectivity index (χ4v) is 3.86. The SMILES string of the molecule is Cc1cccc(C(c2ccc3c(c2)OCO3)N2CCCCC2C(=O)O)n1. The van der Waals surface area contributed by atoms with Gasteiger partial charge in [-0.2, -0.15) is 0 Å². The first kappa shape index (κ1) is 16.8. The number of aromatic nitrogens is 1. The van der Waals surface area contributed by atoms with Gasteiger partial charge < -0.3 is 14.6 Å². The second-order valence-corrected chi connectivity index (χ2v) is 6.81. The minimum atomic E-state index is -0.775. The number of hydrogen-bond donors (Lipinski definition) is 1. The summed E-state index contributed by atoms with van der Waals surface area (Å²) in [4.78, 5) is 18.6. The summed E-state index contributed by atoms with van der Waals surface area (Å²) in [6.45, 7) is 2.89. The van der Waals surface area contributed by atoms with Gasteiger partial charge in [0.1, 0.15) is 6.04 Å². The molecule has 6 heteroatoms. The van der Waals surface area contributed by atoms with E-state index >= 15 is 0 Å². The van der Waals surface area contributed by atoms with Crippen LogP contribution in [0.3, 0.4) is 0 Å². The van der Waals surface area contributed by atoms with Crippen molar-refractivity contribution in [3.8, 4) is 11.5 Å². The maximum Gasteiger partial charge on any atom is 0.320 e. The molecular weight excluding hydrogens is 332 g/mol. The van der Waals surface area contributed by atoms with Crippen molar-refractivity contribution in [1.82, 2.24) is 9.88 Å². The molecule has 136 valence electrons. The maximum atomic E-state index is 11.9. The third kappa shape index (κ3) is 3.12. The molecule has 2 unspecified atom stereocenters. The van der Waals surface area contributed by atoms with Gasteiger partial charge in [-0.25, -0.2) is 0 Å². The van der Waals surface area contributed by atoms with Crippen LogP contribution in [-0.4, -0.2) is 40.3 Å². The van der Waals surface area contributed by atoms with E-state index in [0.29, 0.717) is 12.2 Å². The number of aliphatic carboxylic acids is 1. The maximum absolute atomic E-state index is 11.9. The van der Waals surface area contributed by atoms with Crippen molar-refractivity contribution in [3.05, 3.63) is 53.3 Å². The van der Waals surface area contributed by atoms with Gasteiger partial charge in [0.05, 0.1) is 11.7 Å². The Morgan fingerprint density at radius 1 is 1.23 bits per heavy atom. The average Bonchev–Trinajstić information content (AvgIpc) is 3.10. The van der Waals surface area contributed by atoms with E-state index in [1.165, 1.54) is 0 Å². The van der Waals surface area contributed by atoms with Gasteiger partial charge in [0.25, 0.3) is 0 Å². The minimum Gasteiger partial charge on any atom is -0.480 e. The largest absolute Gasteiger partial charge is 0.480 e. The molecule has 3 heterocycles. The van der Waals surface area contributed by atoms with Crippen LogP contribution in [0.4, 0.5) is 0 Å². The van der Waals surface area contributed by atoms with E-state index in [9.17, 15) is 9.90 Å². The fourth-order valence-electron chi connectivity index (χ4n) is 3.86. The third-order valence-electron chi connectivity index (χ3n) is 5.06. The Kier molecular flexibility index (Phi) is 4.51. The van der Waals surface area contributed by atoms with Gasteiger partial charge in [-0.05, 0) is 56.1 Å². The summed E-state index contributed by atoms with van der Waals surface area (Å²) in [5.74, 6) is 0.644. The summed E-state index contributed by atoms with van der Waals surface area (Å²) in [6, 6.07) is 11.0. The number of carbonyl (C=O) groups is 1. The van der Waals surface area contributed by atoms with E-state index in [1.54, 1.807) is 0 Å². The molecule has 1 saturated heterocycles.